The molecule has 1 fully saturated rings. The lowest BCUT2D eigenvalue weighted by atomic mass is 10.2. The third-order valence-corrected chi connectivity index (χ3v) is 4.79. The highest BCUT2D eigenvalue weighted by atomic mass is 127. The van der Waals surface area contributed by atoms with Gasteiger partial charge in [-0.3, -0.25) is 0 Å². The molecule has 1 aromatic rings. The number of aliphatic imine (C=N–C) groups is 1. The Morgan fingerprint density at radius 3 is 2.90 bits per heavy atom. The van der Waals surface area contributed by atoms with Crippen LogP contribution in [0.15, 0.2) is 17.1 Å². The van der Waals surface area contributed by atoms with Crippen LogP contribution in [0.5, 0.6) is 11.5 Å². The van der Waals surface area contributed by atoms with Gasteiger partial charge in [-0.25, -0.2) is 4.99 Å². The quantitative estimate of drug-likeness (QED) is 0.217. The smallest absolute Gasteiger partial charge is 0.191 e. The molecular formula is C20H31ClIN3O4. The molecule has 3 rings (SSSR count). The van der Waals surface area contributed by atoms with Gasteiger partial charge in [-0.15, -0.1) is 24.0 Å². The molecule has 0 saturated carbocycles. The van der Waals surface area contributed by atoms with Gasteiger partial charge in [0.2, 0.25) is 0 Å². The summed E-state index contributed by atoms with van der Waals surface area (Å²) in [7, 11) is 0. The van der Waals surface area contributed by atoms with Crippen molar-refractivity contribution < 1.29 is 18.9 Å². The fourth-order valence-corrected chi connectivity index (χ4v) is 3.43. The van der Waals surface area contributed by atoms with Crippen molar-refractivity contribution in [3.63, 3.8) is 0 Å². The van der Waals surface area contributed by atoms with E-state index in [4.69, 9.17) is 30.5 Å². The van der Waals surface area contributed by atoms with Crippen molar-refractivity contribution in [3.05, 3.63) is 22.7 Å². The lowest BCUT2D eigenvalue weighted by molar-refractivity contribution is 0.0168. The first-order valence-corrected chi connectivity index (χ1v) is 10.4. The minimum atomic E-state index is 0. The predicted molar refractivity (Wildman–Crippen MR) is 125 cm³/mol. The average molecular weight is 540 g/mol. The Bertz CT molecular complexity index is 657. The van der Waals surface area contributed by atoms with E-state index in [9.17, 15) is 0 Å². The molecule has 1 saturated heterocycles. The van der Waals surface area contributed by atoms with Gasteiger partial charge in [-0.05, 0) is 43.9 Å². The molecule has 1 unspecified atom stereocenters. The molecule has 164 valence electrons. The summed E-state index contributed by atoms with van der Waals surface area (Å²) in [6.07, 6.45) is 3.45. The lowest BCUT2D eigenvalue weighted by Gasteiger charge is -2.20. The SMILES string of the molecule is CCNC(=NCc1cc(Cl)c2c(c1)OCCO2)NCCCOCC1CCCO1.I. The summed E-state index contributed by atoms with van der Waals surface area (Å²) in [6.45, 7) is 7.47. The second kappa shape index (κ2) is 13.4. The van der Waals surface area contributed by atoms with E-state index in [-0.39, 0.29) is 30.1 Å². The standard InChI is InChI=1S/C20H30ClN3O4.HI/c1-2-22-20(23-6-4-7-25-14-16-5-3-8-26-16)24-13-15-11-17(21)19-18(12-15)27-9-10-28-19;/h11-12,16H,2-10,13-14H2,1H3,(H2,22,23,24);1H. The van der Waals surface area contributed by atoms with E-state index in [2.05, 4.69) is 15.6 Å². The van der Waals surface area contributed by atoms with Crippen molar-refractivity contribution in [1.29, 1.82) is 0 Å². The molecule has 0 radical (unpaired) electrons. The first-order chi connectivity index (χ1) is 13.8. The van der Waals surface area contributed by atoms with Gasteiger partial charge in [0.1, 0.15) is 13.2 Å². The molecule has 1 atom stereocenters. The van der Waals surface area contributed by atoms with Crippen molar-refractivity contribution in [2.45, 2.75) is 38.8 Å². The molecule has 9 heteroatoms. The number of ether oxygens (including phenoxy) is 4. The first kappa shape index (κ1) is 24.3. The Morgan fingerprint density at radius 2 is 2.10 bits per heavy atom. The molecule has 1 aromatic carbocycles. The van der Waals surface area contributed by atoms with Crippen LogP contribution in [0.3, 0.4) is 0 Å². The fourth-order valence-electron chi connectivity index (χ4n) is 3.14. The highest BCUT2D eigenvalue weighted by Gasteiger charge is 2.17. The van der Waals surface area contributed by atoms with Crippen molar-refractivity contribution in [1.82, 2.24) is 10.6 Å². The van der Waals surface area contributed by atoms with E-state index in [0.29, 0.717) is 49.5 Å². The molecule has 2 aliphatic heterocycles. The molecule has 7 nitrogen and oxygen atoms in total. The highest BCUT2D eigenvalue weighted by Crippen LogP contribution is 2.38. The Labute approximate surface area is 194 Å². The van der Waals surface area contributed by atoms with Crippen molar-refractivity contribution in [2.75, 3.05) is 46.1 Å². The molecule has 2 N–H and O–H groups in total. The van der Waals surface area contributed by atoms with Crippen LogP contribution in [-0.4, -0.2) is 58.2 Å². The monoisotopic (exact) mass is 539 g/mol. The highest BCUT2D eigenvalue weighted by molar-refractivity contribution is 14.0. The summed E-state index contributed by atoms with van der Waals surface area (Å²) in [5.41, 5.74) is 0.978. The van der Waals surface area contributed by atoms with Gasteiger partial charge < -0.3 is 29.6 Å². The number of nitrogens with one attached hydrogen (secondary N) is 2. The molecule has 0 aliphatic carbocycles. The third kappa shape index (κ3) is 7.99. The van der Waals surface area contributed by atoms with Crippen molar-refractivity contribution >= 4 is 41.5 Å². The number of halogens is 2. The summed E-state index contributed by atoms with van der Waals surface area (Å²) in [5, 5.41) is 7.15. The van der Waals surface area contributed by atoms with Gasteiger partial charge in [0.25, 0.3) is 0 Å². The average Bonchev–Trinajstić information content (AvgIpc) is 3.22. The van der Waals surface area contributed by atoms with Crippen LogP contribution < -0.4 is 20.1 Å². The van der Waals surface area contributed by atoms with Gasteiger partial charge in [-0.2, -0.15) is 0 Å². The lowest BCUT2D eigenvalue weighted by Crippen LogP contribution is -2.38. The maximum atomic E-state index is 6.30. The Hall–Kier alpha value is -0.970. The summed E-state index contributed by atoms with van der Waals surface area (Å²) >= 11 is 6.30. The van der Waals surface area contributed by atoms with Crippen LogP contribution in [0.25, 0.3) is 0 Å². The second-order valence-electron chi connectivity index (χ2n) is 6.79. The van der Waals surface area contributed by atoms with E-state index in [1.807, 2.05) is 19.1 Å². The van der Waals surface area contributed by atoms with Crippen LogP contribution >= 0.6 is 35.6 Å². The number of rotatable bonds is 9. The maximum Gasteiger partial charge on any atom is 0.191 e. The number of guanidine groups is 1. The van der Waals surface area contributed by atoms with Crippen molar-refractivity contribution in [2.24, 2.45) is 4.99 Å². The zero-order valence-electron chi connectivity index (χ0n) is 16.9. The minimum absolute atomic E-state index is 0. The molecule has 2 aliphatic rings. The number of benzene rings is 1. The van der Waals surface area contributed by atoms with Gasteiger partial charge in [-0.1, -0.05) is 11.6 Å². The second-order valence-corrected chi connectivity index (χ2v) is 7.19. The Balaban J connectivity index is 0.00000300. The molecule has 2 heterocycles. The van der Waals surface area contributed by atoms with Gasteiger partial charge in [0.05, 0.1) is 24.3 Å². The van der Waals surface area contributed by atoms with E-state index in [0.717, 1.165) is 50.5 Å². The zero-order valence-corrected chi connectivity index (χ0v) is 20.0. The van der Waals surface area contributed by atoms with Crippen molar-refractivity contribution in [3.8, 4) is 11.5 Å². The normalized spacial score (nSPS) is 18.3. The van der Waals surface area contributed by atoms with Gasteiger partial charge >= 0.3 is 0 Å². The Morgan fingerprint density at radius 1 is 1.24 bits per heavy atom. The first-order valence-electron chi connectivity index (χ1n) is 10.1. The van der Waals surface area contributed by atoms with Crippen LogP contribution in [0.1, 0.15) is 31.7 Å². The van der Waals surface area contributed by atoms with Crippen LogP contribution in [0.4, 0.5) is 0 Å². The number of hydrogen-bond acceptors (Lipinski definition) is 5. The van der Waals surface area contributed by atoms with Gasteiger partial charge in [0, 0.05) is 26.3 Å². The summed E-state index contributed by atoms with van der Waals surface area (Å²) < 4.78 is 22.4. The topological polar surface area (TPSA) is 73.3 Å². The number of nitrogens with zero attached hydrogens (tertiary/aromatic N) is 1. The molecule has 0 aromatic heterocycles. The van der Waals surface area contributed by atoms with E-state index >= 15 is 0 Å². The molecular weight excluding hydrogens is 509 g/mol. The summed E-state index contributed by atoms with van der Waals surface area (Å²) in [5.74, 6) is 2.08. The van der Waals surface area contributed by atoms with Crippen LogP contribution in [-0.2, 0) is 16.0 Å². The van der Waals surface area contributed by atoms with Crippen LogP contribution in [0, 0.1) is 0 Å². The number of fused-ring (bicyclic) bond motifs is 1. The summed E-state index contributed by atoms with van der Waals surface area (Å²) in [6, 6.07) is 3.81. The third-order valence-electron chi connectivity index (χ3n) is 4.51. The van der Waals surface area contributed by atoms with E-state index in [1.54, 1.807) is 0 Å². The number of hydrogen-bond donors (Lipinski definition) is 2. The predicted octanol–water partition coefficient (Wildman–Crippen LogP) is 3.37. The van der Waals surface area contributed by atoms with Gasteiger partial charge in [0.15, 0.2) is 17.5 Å². The Kier molecular flexibility index (Phi) is 11.2. The zero-order chi connectivity index (χ0) is 19.6. The largest absolute Gasteiger partial charge is 0.486 e. The van der Waals surface area contributed by atoms with E-state index < -0.39 is 0 Å². The minimum Gasteiger partial charge on any atom is -0.486 e. The fraction of sp³-hybridized carbons (Fsp3) is 0.650. The molecule has 29 heavy (non-hydrogen) atoms. The maximum absolute atomic E-state index is 6.30. The molecule has 0 bridgehead atoms. The molecule has 0 amide bonds. The van der Waals surface area contributed by atoms with Crippen LogP contribution in [0.2, 0.25) is 5.02 Å². The molecule has 0 spiro atoms. The summed E-state index contributed by atoms with van der Waals surface area (Å²) in [4.78, 5) is 4.63. The van der Waals surface area contributed by atoms with E-state index in [1.165, 1.54) is 0 Å².